The molecule has 126 valence electrons. The van der Waals surface area contributed by atoms with Crippen LogP contribution in [0.1, 0.15) is 19.4 Å². The Morgan fingerprint density at radius 2 is 2.00 bits per heavy atom. The van der Waals surface area contributed by atoms with Crippen molar-refractivity contribution in [1.29, 1.82) is 0 Å². The molecule has 1 heterocycles. The van der Waals surface area contributed by atoms with Gasteiger partial charge in [-0.05, 0) is 37.7 Å². The first kappa shape index (κ1) is 17.5. The van der Waals surface area contributed by atoms with E-state index in [2.05, 4.69) is 28.6 Å². The van der Waals surface area contributed by atoms with Crippen molar-refractivity contribution in [1.82, 2.24) is 14.7 Å². The van der Waals surface area contributed by atoms with Crippen molar-refractivity contribution in [3.63, 3.8) is 0 Å². The minimum atomic E-state index is -3.58. The molecule has 0 saturated carbocycles. The summed E-state index contributed by atoms with van der Waals surface area (Å²) in [6, 6.07) is 6.83. The van der Waals surface area contributed by atoms with Crippen molar-refractivity contribution in [2.45, 2.75) is 32.2 Å². The predicted octanol–water partition coefficient (Wildman–Crippen LogP) is 2.33. The topological polar surface area (TPSA) is 67.2 Å². The molecule has 0 aliphatic carbocycles. The van der Waals surface area contributed by atoms with Crippen molar-refractivity contribution in [3.05, 3.63) is 42.2 Å². The Hall–Kier alpha value is -1.86. The molecular formula is C16H24N4O2S. The summed E-state index contributed by atoms with van der Waals surface area (Å²) in [6.45, 7) is 9.70. The highest BCUT2D eigenvalue weighted by atomic mass is 32.2. The number of benzene rings is 1. The van der Waals surface area contributed by atoms with E-state index in [-0.39, 0.29) is 4.90 Å². The van der Waals surface area contributed by atoms with E-state index in [0.717, 1.165) is 31.7 Å². The van der Waals surface area contributed by atoms with Crippen molar-refractivity contribution in [2.24, 2.45) is 0 Å². The molecule has 7 heteroatoms. The molecule has 0 amide bonds. The third-order valence-corrected chi connectivity index (χ3v) is 5.10. The smallest absolute Gasteiger partial charge is 0.262 e. The normalized spacial score (nSPS) is 11.8. The number of anilines is 1. The first-order chi connectivity index (χ1) is 10.9. The van der Waals surface area contributed by atoms with Crippen LogP contribution in [0.5, 0.6) is 0 Å². The second kappa shape index (κ2) is 7.61. The molecule has 0 aliphatic heterocycles. The van der Waals surface area contributed by atoms with E-state index in [1.165, 1.54) is 6.20 Å². The standard InChI is InChI=1S/C16H24N4O2S/c1-4-19(5-2)9-10-20-13-15(12-17-20)18-23(21,22)16-8-6-7-14(3)11-16/h6-8,11-13,18H,4-5,9-10H2,1-3H3. The number of nitrogens with zero attached hydrogens (tertiary/aromatic N) is 3. The second-order valence-electron chi connectivity index (χ2n) is 5.44. The third-order valence-electron chi connectivity index (χ3n) is 3.73. The monoisotopic (exact) mass is 336 g/mol. The molecule has 1 N–H and O–H groups in total. The van der Waals surface area contributed by atoms with Gasteiger partial charge in [0.15, 0.2) is 0 Å². The number of nitrogens with one attached hydrogen (secondary N) is 1. The van der Waals surface area contributed by atoms with Gasteiger partial charge >= 0.3 is 0 Å². The molecule has 1 aromatic heterocycles. The maximum atomic E-state index is 12.4. The average molecular weight is 336 g/mol. The van der Waals surface area contributed by atoms with Gasteiger partial charge in [-0.25, -0.2) is 8.42 Å². The molecule has 2 rings (SSSR count). The van der Waals surface area contributed by atoms with Gasteiger partial charge in [-0.1, -0.05) is 26.0 Å². The van der Waals surface area contributed by atoms with E-state index >= 15 is 0 Å². The number of aromatic nitrogens is 2. The zero-order chi connectivity index (χ0) is 16.9. The molecule has 23 heavy (non-hydrogen) atoms. The molecule has 0 unspecified atom stereocenters. The maximum Gasteiger partial charge on any atom is 0.262 e. The molecule has 0 spiro atoms. The Bertz CT molecular complexity index is 736. The highest BCUT2D eigenvalue weighted by Gasteiger charge is 2.15. The number of hydrogen-bond acceptors (Lipinski definition) is 4. The fourth-order valence-electron chi connectivity index (χ4n) is 2.32. The number of aryl methyl sites for hydroxylation is 1. The summed E-state index contributed by atoms with van der Waals surface area (Å²) in [4.78, 5) is 2.55. The molecule has 0 aliphatic rings. The minimum Gasteiger partial charge on any atom is -0.302 e. The number of rotatable bonds is 8. The number of sulfonamides is 1. The fraction of sp³-hybridized carbons (Fsp3) is 0.438. The van der Waals surface area contributed by atoms with Gasteiger partial charge in [0.1, 0.15) is 0 Å². The van der Waals surface area contributed by atoms with Crippen LogP contribution in [0.15, 0.2) is 41.6 Å². The van der Waals surface area contributed by atoms with Crippen LogP contribution >= 0.6 is 0 Å². The number of likely N-dealkylation sites (N-methyl/N-ethyl adjacent to an activating group) is 1. The molecule has 1 aromatic carbocycles. The average Bonchev–Trinajstić information content (AvgIpc) is 2.95. The molecule has 6 nitrogen and oxygen atoms in total. The van der Waals surface area contributed by atoms with Crippen LogP contribution in [0.2, 0.25) is 0 Å². The largest absolute Gasteiger partial charge is 0.302 e. The van der Waals surface area contributed by atoms with Crippen LogP contribution in [0, 0.1) is 6.92 Å². The first-order valence-electron chi connectivity index (χ1n) is 7.79. The Labute approximate surface area is 138 Å². The summed E-state index contributed by atoms with van der Waals surface area (Å²) < 4.78 is 29.1. The van der Waals surface area contributed by atoms with Crippen molar-refractivity contribution in [3.8, 4) is 0 Å². The molecule has 0 fully saturated rings. The summed E-state index contributed by atoms with van der Waals surface area (Å²) in [6.07, 6.45) is 3.26. The van der Waals surface area contributed by atoms with Crippen LogP contribution in [0.4, 0.5) is 5.69 Å². The van der Waals surface area contributed by atoms with E-state index in [1.807, 2.05) is 13.0 Å². The zero-order valence-corrected chi connectivity index (χ0v) is 14.7. The summed E-state index contributed by atoms with van der Waals surface area (Å²) in [7, 11) is -3.58. The molecule has 2 aromatic rings. The Morgan fingerprint density at radius 1 is 1.26 bits per heavy atom. The molecule has 0 atom stereocenters. The lowest BCUT2D eigenvalue weighted by Crippen LogP contribution is -2.27. The van der Waals surface area contributed by atoms with Gasteiger partial charge in [0.05, 0.1) is 23.3 Å². The molecule has 0 saturated heterocycles. The van der Waals surface area contributed by atoms with Gasteiger partial charge in [0.2, 0.25) is 0 Å². The minimum absolute atomic E-state index is 0.258. The van der Waals surface area contributed by atoms with Gasteiger partial charge in [-0.15, -0.1) is 0 Å². The second-order valence-corrected chi connectivity index (χ2v) is 7.12. The van der Waals surface area contributed by atoms with Crippen LogP contribution in [0.25, 0.3) is 0 Å². The predicted molar refractivity (Wildman–Crippen MR) is 92.0 cm³/mol. The summed E-state index contributed by atoms with van der Waals surface area (Å²) in [5.74, 6) is 0. The lowest BCUT2D eigenvalue weighted by Gasteiger charge is -2.17. The lowest BCUT2D eigenvalue weighted by molar-refractivity contribution is 0.285. The van der Waals surface area contributed by atoms with Crippen LogP contribution in [-0.4, -0.2) is 42.7 Å². The molecule has 0 bridgehead atoms. The summed E-state index contributed by atoms with van der Waals surface area (Å²) in [5, 5.41) is 4.22. The van der Waals surface area contributed by atoms with E-state index in [0.29, 0.717) is 5.69 Å². The van der Waals surface area contributed by atoms with Gasteiger partial charge in [0.25, 0.3) is 10.0 Å². The molecular weight excluding hydrogens is 312 g/mol. The highest BCUT2D eigenvalue weighted by molar-refractivity contribution is 7.92. The Balaban J connectivity index is 2.03. The van der Waals surface area contributed by atoms with E-state index in [9.17, 15) is 8.42 Å². The maximum absolute atomic E-state index is 12.4. The van der Waals surface area contributed by atoms with Crippen molar-refractivity contribution < 1.29 is 8.42 Å². The molecule has 0 radical (unpaired) electrons. The fourth-order valence-corrected chi connectivity index (χ4v) is 3.45. The quantitative estimate of drug-likeness (QED) is 0.803. The van der Waals surface area contributed by atoms with E-state index < -0.39 is 10.0 Å². The van der Waals surface area contributed by atoms with Gasteiger partial charge in [-0.2, -0.15) is 5.10 Å². The highest BCUT2D eigenvalue weighted by Crippen LogP contribution is 2.16. The summed E-state index contributed by atoms with van der Waals surface area (Å²) >= 11 is 0. The zero-order valence-electron chi connectivity index (χ0n) is 13.9. The Morgan fingerprint density at radius 3 is 2.65 bits per heavy atom. The van der Waals surface area contributed by atoms with Gasteiger partial charge < -0.3 is 4.90 Å². The SMILES string of the molecule is CCN(CC)CCn1cc(NS(=O)(=O)c2cccc(C)c2)cn1. The Kier molecular flexibility index (Phi) is 5.79. The van der Waals surface area contributed by atoms with E-state index in [1.54, 1.807) is 29.1 Å². The first-order valence-corrected chi connectivity index (χ1v) is 9.27. The van der Waals surface area contributed by atoms with Crippen LogP contribution < -0.4 is 4.72 Å². The number of hydrogen-bond donors (Lipinski definition) is 1. The van der Waals surface area contributed by atoms with Crippen molar-refractivity contribution in [2.75, 3.05) is 24.4 Å². The van der Waals surface area contributed by atoms with Crippen LogP contribution in [0.3, 0.4) is 0 Å². The lowest BCUT2D eigenvalue weighted by atomic mass is 10.2. The third kappa shape index (κ3) is 4.80. The van der Waals surface area contributed by atoms with Gasteiger partial charge in [-0.3, -0.25) is 9.40 Å². The van der Waals surface area contributed by atoms with Gasteiger partial charge in [0, 0.05) is 12.7 Å². The van der Waals surface area contributed by atoms with Crippen molar-refractivity contribution >= 4 is 15.7 Å². The van der Waals surface area contributed by atoms with Crippen LogP contribution in [-0.2, 0) is 16.6 Å². The summed E-state index contributed by atoms with van der Waals surface area (Å²) in [5.41, 5.74) is 1.38. The van der Waals surface area contributed by atoms with E-state index in [4.69, 9.17) is 0 Å².